The summed E-state index contributed by atoms with van der Waals surface area (Å²) in [7, 11) is -3.45. The first-order valence-corrected chi connectivity index (χ1v) is 8.82. The summed E-state index contributed by atoms with van der Waals surface area (Å²) >= 11 is 5.68. The van der Waals surface area contributed by atoms with Crippen LogP contribution in [-0.2, 0) is 16.4 Å². The van der Waals surface area contributed by atoms with Crippen LogP contribution in [0.2, 0.25) is 0 Å². The molecule has 0 amide bonds. The first kappa shape index (κ1) is 15.8. The zero-order valence-corrected chi connectivity index (χ0v) is 14.0. The van der Waals surface area contributed by atoms with Crippen LogP contribution in [0, 0.1) is 10.8 Å². The number of hydrogen-bond donors (Lipinski definition) is 1. The van der Waals surface area contributed by atoms with Gasteiger partial charge < -0.3 is 0 Å². The Balaban J connectivity index is 2.16. The zero-order chi connectivity index (χ0) is 15.2. The molecule has 1 aliphatic carbocycles. The van der Waals surface area contributed by atoms with Gasteiger partial charge in [-0.25, -0.2) is 13.1 Å². The third-order valence-corrected chi connectivity index (χ3v) is 6.54. The second kappa shape index (κ2) is 5.00. The number of alkyl halides is 1. The summed E-state index contributed by atoms with van der Waals surface area (Å²) < 4.78 is 27.6. The van der Waals surface area contributed by atoms with Gasteiger partial charge in [0.1, 0.15) is 0 Å². The molecule has 0 spiro atoms. The molecule has 0 unspecified atom stereocenters. The van der Waals surface area contributed by atoms with Gasteiger partial charge in [0.05, 0.1) is 4.90 Å². The molecule has 0 saturated heterocycles. The molecule has 1 aliphatic rings. The Kier molecular flexibility index (Phi) is 3.95. The van der Waals surface area contributed by atoms with E-state index >= 15 is 0 Å². The lowest BCUT2D eigenvalue weighted by molar-refractivity contribution is 0.457. The molecule has 5 heteroatoms. The van der Waals surface area contributed by atoms with Crippen molar-refractivity contribution in [2.75, 3.05) is 5.88 Å². The third-order valence-electron chi connectivity index (χ3n) is 4.91. The summed E-state index contributed by atoms with van der Waals surface area (Å²) in [4.78, 5) is 0.314. The van der Waals surface area contributed by atoms with Gasteiger partial charge in [0.2, 0.25) is 10.0 Å². The van der Waals surface area contributed by atoms with Gasteiger partial charge in [0.15, 0.2) is 0 Å². The van der Waals surface area contributed by atoms with E-state index in [2.05, 4.69) is 32.4 Å². The summed E-state index contributed by atoms with van der Waals surface area (Å²) in [6.45, 7) is 8.35. The predicted molar refractivity (Wildman–Crippen MR) is 82.5 cm³/mol. The van der Waals surface area contributed by atoms with Crippen molar-refractivity contribution in [3.63, 3.8) is 0 Å². The number of halogens is 1. The highest BCUT2D eigenvalue weighted by Gasteiger charge is 2.65. The largest absolute Gasteiger partial charge is 0.240 e. The molecule has 0 atom stereocenters. The van der Waals surface area contributed by atoms with Crippen molar-refractivity contribution in [3.8, 4) is 0 Å². The monoisotopic (exact) mass is 315 g/mol. The van der Waals surface area contributed by atoms with Gasteiger partial charge in [-0.05, 0) is 34.9 Å². The maximum Gasteiger partial charge on any atom is 0.240 e. The van der Waals surface area contributed by atoms with Crippen LogP contribution >= 0.6 is 11.6 Å². The fraction of sp³-hybridized carbons (Fsp3) is 0.600. The number of aryl methyl sites for hydroxylation is 1. The van der Waals surface area contributed by atoms with Crippen molar-refractivity contribution in [2.45, 2.75) is 45.1 Å². The molecule has 0 aromatic heterocycles. The molecule has 0 bridgehead atoms. The van der Waals surface area contributed by atoms with Crippen molar-refractivity contribution in [1.82, 2.24) is 4.72 Å². The van der Waals surface area contributed by atoms with Gasteiger partial charge in [-0.15, -0.1) is 11.6 Å². The van der Waals surface area contributed by atoms with Gasteiger partial charge in [0, 0.05) is 11.9 Å². The Labute approximate surface area is 126 Å². The van der Waals surface area contributed by atoms with E-state index in [0.717, 1.165) is 12.0 Å². The molecule has 2 rings (SSSR count). The van der Waals surface area contributed by atoms with Crippen LogP contribution in [0.5, 0.6) is 0 Å². The summed E-state index contributed by atoms with van der Waals surface area (Å²) in [6.07, 6.45) is 0.748. The van der Waals surface area contributed by atoms with E-state index in [0.29, 0.717) is 10.8 Å². The predicted octanol–water partition coefficient (Wildman–Crippen LogP) is 3.18. The lowest BCUT2D eigenvalue weighted by atomic mass is 10.0. The summed E-state index contributed by atoms with van der Waals surface area (Å²) in [5.41, 5.74) is 1.02. The number of sulfonamides is 1. The maximum absolute atomic E-state index is 12.4. The van der Waals surface area contributed by atoms with Crippen molar-refractivity contribution in [2.24, 2.45) is 10.8 Å². The fourth-order valence-corrected chi connectivity index (χ4v) is 4.41. The number of rotatable bonds is 5. The van der Waals surface area contributed by atoms with E-state index in [9.17, 15) is 8.42 Å². The van der Waals surface area contributed by atoms with Gasteiger partial charge in [-0.3, -0.25) is 0 Å². The second-order valence-electron chi connectivity index (χ2n) is 6.58. The molecule has 0 heterocycles. The van der Waals surface area contributed by atoms with Gasteiger partial charge in [-0.2, -0.15) is 0 Å². The Morgan fingerprint density at radius 1 is 1.10 bits per heavy atom. The van der Waals surface area contributed by atoms with Crippen LogP contribution in [0.25, 0.3) is 0 Å². The van der Waals surface area contributed by atoms with Crippen LogP contribution in [0.4, 0.5) is 0 Å². The van der Waals surface area contributed by atoms with Crippen LogP contribution in [-0.4, -0.2) is 20.3 Å². The highest BCUT2D eigenvalue weighted by molar-refractivity contribution is 7.89. The van der Waals surface area contributed by atoms with Crippen molar-refractivity contribution in [3.05, 3.63) is 29.8 Å². The molecule has 3 nitrogen and oxygen atoms in total. The summed E-state index contributed by atoms with van der Waals surface area (Å²) in [6, 6.07) is 6.90. The Morgan fingerprint density at radius 3 is 2.00 bits per heavy atom. The fourth-order valence-electron chi connectivity index (χ4n) is 2.66. The number of benzene rings is 1. The van der Waals surface area contributed by atoms with Crippen LogP contribution in [0.1, 0.15) is 33.3 Å². The molecule has 20 heavy (non-hydrogen) atoms. The molecule has 0 radical (unpaired) electrons. The molecule has 1 N–H and O–H groups in total. The van der Waals surface area contributed by atoms with Crippen molar-refractivity contribution in [1.29, 1.82) is 0 Å². The molecule has 1 aromatic carbocycles. The van der Waals surface area contributed by atoms with Crippen LogP contribution in [0.15, 0.2) is 29.2 Å². The molecule has 1 saturated carbocycles. The van der Waals surface area contributed by atoms with E-state index in [4.69, 9.17) is 11.6 Å². The number of hydrogen-bond acceptors (Lipinski definition) is 2. The smallest absolute Gasteiger partial charge is 0.207 e. The van der Waals surface area contributed by atoms with E-state index in [-0.39, 0.29) is 16.9 Å². The van der Waals surface area contributed by atoms with Crippen LogP contribution < -0.4 is 4.72 Å². The molecule has 112 valence electrons. The van der Waals surface area contributed by atoms with Crippen LogP contribution in [0.3, 0.4) is 0 Å². The van der Waals surface area contributed by atoms with Gasteiger partial charge >= 0.3 is 0 Å². The Morgan fingerprint density at radius 2 is 1.60 bits per heavy atom. The molecular weight excluding hydrogens is 294 g/mol. The lowest BCUT2D eigenvalue weighted by Gasteiger charge is -2.09. The summed E-state index contributed by atoms with van der Waals surface area (Å²) in [5.74, 6) is 0.537. The average molecular weight is 316 g/mol. The third kappa shape index (κ3) is 2.61. The molecule has 0 aliphatic heterocycles. The highest BCUT2D eigenvalue weighted by atomic mass is 35.5. The van der Waals surface area contributed by atoms with Gasteiger partial charge in [-0.1, -0.05) is 39.8 Å². The minimum Gasteiger partial charge on any atom is -0.207 e. The van der Waals surface area contributed by atoms with E-state index in [1.807, 2.05) is 12.1 Å². The maximum atomic E-state index is 12.4. The second-order valence-corrected chi connectivity index (χ2v) is 8.67. The topological polar surface area (TPSA) is 46.2 Å². The molecule has 1 fully saturated rings. The minimum atomic E-state index is -3.45. The first-order chi connectivity index (χ1) is 9.13. The normalized spacial score (nSPS) is 20.9. The standard InChI is InChI=1S/C15H22ClNO2S/c1-14(2)13(15(14,3)4)17-20(18,19)12-7-5-11(6-8-12)9-10-16/h5-8,13,17H,9-10H2,1-4H3. The lowest BCUT2D eigenvalue weighted by Crippen LogP contribution is -2.29. The Hall–Kier alpha value is -0.580. The van der Waals surface area contributed by atoms with E-state index in [1.54, 1.807) is 12.1 Å². The van der Waals surface area contributed by atoms with Gasteiger partial charge in [0.25, 0.3) is 0 Å². The average Bonchev–Trinajstić information content (AvgIpc) is 2.72. The zero-order valence-electron chi connectivity index (χ0n) is 12.4. The van der Waals surface area contributed by atoms with E-state index in [1.165, 1.54) is 0 Å². The number of nitrogens with one attached hydrogen (secondary N) is 1. The summed E-state index contributed by atoms with van der Waals surface area (Å²) in [5, 5.41) is 0. The minimum absolute atomic E-state index is 0.0152. The first-order valence-electron chi connectivity index (χ1n) is 6.80. The molecule has 1 aromatic rings. The van der Waals surface area contributed by atoms with Crippen molar-refractivity contribution < 1.29 is 8.42 Å². The van der Waals surface area contributed by atoms with E-state index < -0.39 is 10.0 Å². The SMILES string of the molecule is CC1(C)C(NS(=O)(=O)c2ccc(CCCl)cc2)C1(C)C. The highest BCUT2D eigenvalue weighted by Crippen LogP contribution is 2.62. The Bertz CT molecular complexity index is 577. The quantitative estimate of drug-likeness (QED) is 0.848. The molecular formula is C15H22ClNO2S. The van der Waals surface area contributed by atoms with Crippen molar-refractivity contribution >= 4 is 21.6 Å².